The number of fused-ring (bicyclic) bond motifs is 1. The van der Waals surface area contributed by atoms with Gasteiger partial charge in [0.2, 0.25) is 0 Å². The second kappa shape index (κ2) is 7.32. The quantitative estimate of drug-likeness (QED) is 0.677. The molecule has 0 saturated heterocycles. The van der Waals surface area contributed by atoms with Gasteiger partial charge in [0.15, 0.2) is 0 Å². The molecule has 0 bridgehead atoms. The van der Waals surface area contributed by atoms with Gasteiger partial charge >= 0.3 is 0 Å². The van der Waals surface area contributed by atoms with Crippen LogP contribution in [0.3, 0.4) is 0 Å². The molecule has 146 valence electrons. The molecule has 0 radical (unpaired) electrons. The Morgan fingerprint density at radius 1 is 1.07 bits per heavy atom. The van der Waals surface area contributed by atoms with Crippen molar-refractivity contribution in [2.45, 2.75) is 51.6 Å². The number of hydrogen-bond donors (Lipinski definition) is 0. The standard InChI is InChI=1S/C23H24N6/c1-16-8-17(10-24)11-26-23(16)28-7-6-22-19(14-28)9-18(12-25-22)20-13-27-29(15-20)21-4-2-3-5-21/h8-9,11-13,15,21H,2-7,14H2,1H3. The van der Waals surface area contributed by atoms with Crippen molar-refractivity contribution in [3.05, 3.63) is 59.3 Å². The van der Waals surface area contributed by atoms with Gasteiger partial charge in [-0.1, -0.05) is 12.8 Å². The van der Waals surface area contributed by atoms with E-state index in [1.54, 1.807) is 6.20 Å². The Hall–Kier alpha value is -3.20. The second-order valence-electron chi connectivity index (χ2n) is 8.12. The van der Waals surface area contributed by atoms with Crippen LogP contribution in [0.1, 0.15) is 54.1 Å². The van der Waals surface area contributed by atoms with Crippen LogP contribution in [0, 0.1) is 18.3 Å². The molecule has 6 nitrogen and oxygen atoms in total. The van der Waals surface area contributed by atoms with Crippen LogP contribution in [0.2, 0.25) is 0 Å². The van der Waals surface area contributed by atoms with Gasteiger partial charge in [0.1, 0.15) is 11.9 Å². The maximum absolute atomic E-state index is 9.08. The topological polar surface area (TPSA) is 70.6 Å². The second-order valence-corrected chi connectivity index (χ2v) is 8.12. The number of rotatable bonds is 3. The van der Waals surface area contributed by atoms with E-state index in [2.05, 4.69) is 38.0 Å². The van der Waals surface area contributed by atoms with Gasteiger partial charge in [-0.25, -0.2) is 4.98 Å². The molecular formula is C23H24N6. The molecule has 1 saturated carbocycles. The van der Waals surface area contributed by atoms with Gasteiger partial charge in [-0.15, -0.1) is 0 Å². The smallest absolute Gasteiger partial charge is 0.131 e. The highest BCUT2D eigenvalue weighted by Gasteiger charge is 2.22. The first-order valence-electron chi connectivity index (χ1n) is 10.4. The average Bonchev–Trinajstić information content (AvgIpc) is 3.44. The van der Waals surface area contributed by atoms with Crippen molar-refractivity contribution in [1.82, 2.24) is 19.7 Å². The lowest BCUT2D eigenvalue weighted by atomic mass is 10.0. The first kappa shape index (κ1) is 17.9. The zero-order valence-electron chi connectivity index (χ0n) is 16.7. The molecule has 3 aromatic heterocycles. The predicted molar refractivity (Wildman–Crippen MR) is 111 cm³/mol. The van der Waals surface area contributed by atoms with E-state index in [0.29, 0.717) is 11.6 Å². The van der Waals surface area contributed by atoms with Gasteiger partial charge in [0, 0.05) is 54.9 Å². The normalized spacial score (nSPS) is 16.6. The molecule has 1 aliphatic carbocycles. The third-order valence-corrected chi connectivity index (χ3v) is 6.15. The summed E-state index contributed by atoms with van der Waals surface area (Å²) in [5.74, 6) is 0.953. The summed E-state index contributed by atoms with van der Waals surface area (Å²) in [5, 5.41) is 13.7. The molecule has 0 unspecified atom stereocenters. The van der Waals surface area contributed by atoms with Crippen molar-refractivity contribution >= 4 is 5.82 Å². The molecule has 3 aromatic rings. The molecule has 0 N–H and O–H groups in total. The number of aryl methyl sites for hydroxylation is 1. The molecule has 0 spiro atoms. The number of hydrogen-bond acceptors (Lipinski definition) is 5. The molecule has 5 rings (SSSR count). The highest BCUT2D eigenvalue weighted by atomic mass is 15.3. The molecule has 4 heterocycles. The minimum atomic E-state index is 0.551. The van der Waals surface area contributed by atoms with Crippen LogP contribution in [0.25, 0.3) is 11.1 Å². The lowest BCUT2D eigenvalue weighted by Crippen LogP contribution is -2.32. The fourth-order valence-electron chi connectivity index (χ4n) is 4.58. The Morgan fingerprint density at radius 2 is 1.93 bits per heavy atom. The predicted octanol–water partition coefficient (Wildman–Crippen LogP) is 4.20. The summed E-state index contributed by atoms with van der Waals surface area (Å²) in [5.41, 5.74) is 6.31. The van der Waals surface area contributed by atoms with Crippen LogP contribution in [-0.2, 0) is 13.0 Å². The molecule has 0 atom stereocenters. The highest BCUT2D eigenvalue weighted by molar-refractivity contribution is 5.63. The first-order chi connectivity index (χ1) is 14.2. The summed E-state index contributed by atoms with van der Waals surface area (Å²) in [6.07, 6.45) is 13.8. The van der Waals surface area contributed by atoms with Gasteiger partial charge in [-0.2, -0.15) is 10.4 Å². The molecule has 2 aliphatic rings. The molecule has 1 aliphatic heterocycles. The van der Waals surface area contributed by atoms with E-state index in [9.17, 15) is 0 Å². The van der Waals surface area contributed by atoms with Gasteiger partial charge in [-0.3, -0.25) is 9.67 Å². The summed E-state index contributed by atoms with van der Waals surface area (Å²) in [6, 6.07) is 6.87. The zero-order chi connectivity index (χ0) is 19.8. The monoisotopic (exact) mass is 384 g/mol. The van der Waals surface area contributed by atoms with Crippen molar-refractivity contribution in [3.63, 3.8) is 0 Å². The molecule has 29 heavy (non-hydrogen) atoms. The van der Waals surface area contributed by atoms with Crippen molar-refractivity contribution < 1.29 is 0 Å². The van der Waals surface area contributed by atoms with E-state index in [1.165, 1.54) is 36.9 Å². The lowest BCUT2D eigenvalue weighted by molar-refractivity contribution is 0.467. The lowest BCUT2D eigenvalue weighted by Gasteiger charge is -2.30. The Labute approximate surface area is 170 Å². The molecule has 1 fully saturated rings. The van der Waals surface area contributed by atoms with E-state index in [0.717, 1.165) is 42.0 Å². The summed E-state index contributed by atoms with van der Waals surface area (Å²) in [4.78, 5) is 11.6. The van der Waals surface area contributed by atoms with E-state index >= 15 is 0 Å². The minimum absolute atomic E-state index is 0.551. The van der Waals surface area contributed by atoms with Crippen LogP contribution in [0.5, 0.6) is 0 Å². The molecule has 6 heteroatoms. The fourth-order valence-corrected chi connectivity index (χ4v) is 4.58. The zero-order valence-corrected chi connectivity index (χ0v) is 16.7. The summed E-state index contributed by atoms with van der Waals surface area (Å²) in [6.45, 7) is 3.69. The molecule has 0 aromatic carbocycles. The molecule has 0 amide bonds. The maximum Gasteiger partial charge on any atom is 0.131 e. The van der Waals surface area contributed by atoms with Crippen molar-refractivity contribution in [1.29, 1.82) is 5.26 Å². The van der Waals surface area contributed by atoms with Crippen LogP contribution in [0.15, 0.2) is 36.9 Å². The Morgan fingerprint density at radius 3 is 2.72 bits per heavy atom. The fraction of sp³-hybridized carbons (Fsp3) is 0.391. The molecular weight excluding hydrogens is 360 g/mol. The first-order valence-corrected chi connectivity index (χ1v) is 10.4. The third-order valence-electron chi connectivity index (χ3n) is 6.15. The number of pyridine rings is 2. The Kier molecular flexibility index (Phi) is 4.51. The SMILES string of the molecule is Cc1cc(C#N)cnc1N1CCc2ncc(-c3cnn(C4CCCC4)c3)cc2C1. The largest absolute Gasteiger partial charge is 0.352 e. The minimum Gasteiger partial charge on any atom is -0.352 e. The van der Waals surface area contributed by atoms with E-state index < -0.39 is 0 Å². The summed E-state index contributed by atoms with van der Waals surface area (Å²) < 4.78 is 2.14. The van der Waals surface area contributed by atoms with E-state index in [4.69, 9.17) is 10.2 Å². The average molecular weight is 384 g/mol. The van der Waals surface area contributed by atoms with Gasteiger partial charge in [0.25, 0.3) is 0 Å². The summed E-state index contributed by atoms with van der Waals surface area (Å²) >= 11 is 0. The van der Waals surface area contributed by atoms with Crippen LogP contribution in [0.4, 0.5) is 5.82 Å². The Bertz CT molecular complexity index is 1090. The number of anilines is 1. The van der Waals surface area contributed by atoms with E-state index in [1.807, 2.05) is 25.4 Å². The number of nitriles is 1. The highest BCUT2D eigenvalue weighted by Crippen LogP contribution is 2.31. The van der Waals surface area contributed by atoms with E-state index in [-0.39, 0.29) is 0 Å². The van der Waals surface area contributed by atoms with Crippen LogP contribution >= 0.6 is 0 Å². The van der Waals surface area contributed by atoms with Crippen molar-refractivity contribution in [2.75, 3.05) is 11.4 Å². The number of nitrogens with zero attached hydrogens (tertiary/aromatic N) is 6. The van der Waals surface area contributed by atoms with Gasteiger partial charge < -0.3 is 4.90 Å². The third kappa shape index (κ3) is 3.38. The van der Waals surface area contributed by atoms with Crippen LogP contribution in [-0.4, -0.2) is 26.3 Å². The van der Waals surface area contributed by atoms with Crippen molar-refractivity contribution in [3.8, 4) is 17.2 Å². The van der Waals surface area contributed by atoms with Crippen molar-refractivity contribution in [2.24, 2.45) is 0 Å². The maximum atomic E-state index is 9.08. The van der Waals surface area contributed by atoms with Crippen LogP contribution < -0.4 is 4.90 Å². The Balaban J connectivity index is 1.40. The van der Waals surface area contributed by atoms with Gasteiger partial charge in [-0.05, 0) is 43.0 Å². The van der Waals surface area contributed by atoms with Gasteiger partial charge in [0.05, 0.1) is 17.8 Å². The number of aromatic nitrogens is 4. The summed E-state index contributed by atoms with van der Waals surface area (Å²) in [7, 11) is 0.